The van der Waals surface area contributed by atoms with Gasteiger partial charge in [0.2, 0.25) is 0 Å². The number of hydrogen-bond donors (Lipinski definition) is 1. The second-order valence-corrected chi connectivity index (χ2v) is 4.07. The zero-order chi connectivity index (χ0) is 12.1. The summed E-state index contributed by atoms with van der Waals surface area (Å²) in [6, 6.07) is 7.54. The molecule has 0 fully saturated rings. The van der Waals surface area contributed by atoms with E-state index in [4.69, 9.17) is 10.4 Å². The van der Waals surface area contributed by atoms with Crippen LogP contribution in [-0.4, -0.2) is 11.1 Å². The number of carboxylic acids is 1. The molecule has 1 N–H and O–H groups in total. The fraction of sp³-hybridized carbons (Fsp3) is 0.385. The van der Waals surface area contributed by atoms with Crippen LogP contribution in [0.5, 0.6) is 0 Å². The van der Waals surface area contributed by atoms with Gasteiger partial charge in [-0.05, 0) is 35.6 Å². The van der Waals surface area contributed by atoms with Crippen LogP contribution in [0.25, 0.3) is 0 Å². The van der Waals surface area contributed by atoms with Crippen molar-refractivity contribution in [1.82, 2.24) is 0 Å². The molecule has 3 nitrogen and oxygen atoms in total. The first kappa shape index (κ1) is 12.3. The maximum Gasteiger partial charge on any atom is 0.303 e. The van der Waals surface area contributed by atoms with E-state index in [0.717, 1.165) is 11.1 Å². The quantitative estimate of drug-likeness (QED) is 0.843. The van der Waals surface area contributed by atoms with Gasteiger partial charge in [0, 0.05) is 6.42 Å². The van der Waals surface area contributed by atoms with Crippen LogP contribution in [0.3, 0.4) is 0 Å². The van der Waals surface area contributed by atoms with E-state index in [2.05, 4.69) is 6.07 Å². The zero-order valence-electron chi connectivity index (χ0n) is 9.53. The first-order valence-electron chi connectivity index (χ1n) is 5.29. The van der Waals surface area contributed by atoms with E-state index in [-0.39, 0.29) is 6.42 Å². The Balaban J connectivity index is 2.99. The Morgan fingerprint density at radius 2 is 2.19 bits per heavy atom. The Hall–Kier alpha value is -1.82. The number of benzene rings is 1. The van der Waals surface area contributed by atoms with Gasteiger partial charge in [-0.25, -0.2) is 0 Å². The van der Waals surface area contributed by atoms with Crippen LogP contribution < -0.4 is 0 Å². The van der Waals surface area contributed by atoms with Crippen molar-refractivity contribution in [2.75, 3.05) is 0 Å². The lowest BCUT2D eigenvalue weighted by Gasteiger charge is -2.12. The number of nitriles is 1. The van der Waals surface area contributed by atoms with Crippen LogP contribution in [0.4, 0.5) is 0 Å². The predicted octanol–water partition coefficient (Wildman–Crippen LogP) is 2.70. The largest absolute Gasteiger partial charge is 0.481 e. The van der Waals surface area contributed by atoms with Crippen molar-refractivity contribution in [1.29, 1.82) is 5.26 Å². The number of hydrogen-bond acceptors (Lipinski definition) is 2. The van der Waals surface area contributed by atoms with E-state index in [1.54, 1.807) is 6.07 Å². The zero-order valence-corrected chi connectivity index (χ0v) is 9.53. The third kappa shape index (κ3) is 3.09. The first-order chi connectivity index (χ1) is 7.54. The van der Waals surface area contributed by atoms with E-state index < -0.39 is 5.97 Å². The van der Waals surface area contributed by atoms with Crippen LogP contribution >= 0.6 is 0 Å². The highest BCUT2D eigenvalue weighted by Crippen LogP contribution is 2.22. The first-order valence-corrected chi connectivity index (χ1v) is 5.29. The fourth-order valence-electron chi connectivity index (χ4n) is 1.67. The highest BCUT2D eigenvalue weighted by Gasteiger charge is 2.09. The van der Waals surface area contributed by atoms with Gasteiger partial charge in [-0.1, -0.05) is 19.9 Å². The minimum absolute atomic E-state index is 0.131. The molecule has 0 aliphatic carbocycles. The topological polar surface area (TPSA) is 61.1 Å². The summed E-state index contributed by atoms with van der Waals surface area (Å²) in [5, 5.41) is 17.5. The van der Waals surface area contributed by atoms with Crippen molar-refractivity contribution in [3.05, 3.63) is 34.9 Å². The molecule has 0 atom stereocenters. The highest BCUT2D eigenvalue weighted by atomic mass is 16.4. The Bertz CT molecular complexity index is 430. The van der Waals surface area contributed by atoms with Gasteiger partial charge in [0.05, 0.1) is 11.6 Å². The molecule has 0 unspecified atom stereocenters. The van der Waals surface area contributed by atoms with Gasteiger partial charge in [0.25, 0.3) is 0 Å². The maximum atomic E-state index is 10.5. The number of rotatable bonds is 4. The molecule has 0 saturated heterocycles. The van der Waals surface area contributed by atoms with E-state index in [9.17, 15) is 4.79 Å². The Morgan fingerprint density at radius 3 is 2.69 bits per heavy atom. The summed E-state index contributed by atoms with van der Waals surface area (Å²) in [4.78, 5) is 10.5. The molecule has 84 valence electrons. The molecular formula is C13H15NO2. The molecule has 0 radical (unpaired) electrons. The van der Waals surface area contributed by atoms with Crippen LogP contribution in [0, 0.1) is 11.3 Å². The highest BCUT2D eigenvalue weighted by molar-refractivity contribution is 5.67. The number of carbonyl (C=O) groups is 1. The van der Waals surface area contributed by atoms with Gasteiger partial charge in [-0.3, -0.25) is 4.79 Å². The molecule has 0 heterocycles. The lowest BCUT2D eigenvalue weighted by molar-refractivity contribution is -0.136. The summed E-state index contributed by atoms with van der Waals surface area (Å²) in [5.41, 5.74) is 2.72. The van der Waals surface area contributed by atoms with Gasteiger partial charge >= 0.3 is 5.97 Å². The average Bonchev–Trinajstić information content (AvgIpc) is 2.25. The van der Waals surface area contributed by atoms with E-state index in [1.165, 1.54) is 0 Å². The molecule has 1 aromatic carbocycles. The number of aryl methyl sites for hydroxylation is 1. The molecule has 0 bridgehead atoms. The summed E-state index contributed by atoms with van der Waals surface area (Å²) in [7, 11) is 0. The van der Waals surface area contributed by atoms with Crippen LogP contribution in [-0.2, 0) is 11.2 Å². The summed E-state index contributed by atoms with van der Waals surface area (Å²) >= 11 is 0. The smallest absolute Gasteiger partial charge is 0.303 e. The van der Waals surface area contributed by atoms with Crippen molar-refractivity contribution in [2.45, 2.75) is 32.6 Å². The van der Waals surface area contributed by atoms with Gasteiger partial charge in [0.1, 0.15) is 0 Å². The molecule has 0 amide bonds. The normalized spacial score (nSPS) is 10.1. The molecule has 3 heteroatoms. The monoisotopic (exact) mass is 217 g/mol. The predicted molar refractivity (Wildman–Crippen MR) is 61.2 cm³/mol. The molecule has 16 heavy (non-hydrogen) atoms. The lowest BCUT2D eigenvalue weighted by atomic mass is 9.93. The van der Waals surface area contributed by atoms with Crippen molar-refractivity contribution in [3.8, 4) is 6.07 Å². The summed E-state index contributed by atoms with van der Waals surface area (Å²) in [5.74, 6) is -0.490. The standard InChI is InChI=1S/C13H15NO2/c1-9(2)12-7-10(8-14)3-4-11(12)5-6-13(15)16/h3-4,7,9H,5-6H2,1-2H3,(H,15,16). The molecule has 0 saturated carbocycles. The number of carboxylic acid groups (broad SMARTS) is 1. The van der Waals surface area contributed by atoms with Crippen LogP contribution in [0.2, 0.25) is 0 Å². The molecule has 0 aliphatic rings. The van der Waals surface area contributed by atoms with Gasteiger partial charge < -0.3 is 5.11 Å². The molecule has 1 aromatic rings. The van der Waals surface area contributed by atoms with Crippen LogP contribution in [0.1, 0.15) is 42.9 Å². The van der Waals surface area contributed by atoms with Crippen molar-refractivity contribution in [3.63, 3.8) is 0 Å². The van der Waals surface area contributed by atoms with Gasteiger partial charge in [0.15, 0.2) is 0 Å². The third-order valence-corrected chi connectivity index (χ3v) is 2.51. The Labute approximate surface area is 95.3 Å². The second-order valence-electron chi connectivity index (χ2n) is 4.07. The minimum atomic E-state index is -0.793. The Kier molecular flexibility index (Phi) is 4.07. The molecule has 0 spiro atoms. The fourth-order valence-corrected chi connectivity index (χ4v) is 1.67. The summed E-state index contributed by atoms with van der Waals surface area (Å²) in [6.07, 6.45) is 0.653. The summed E-state index contributed by atoms with van der Waals surface area (Å²) in [6.45, 7) is 4.08. The summed E-state index contributed by atoms with van der Waals surface area (Å²) < 4.78 is 0. The molecular weight excluding hydrogens is 202 g/mol. The molecule has 1 rings (SSSR count). The van der Waals surface area contributed by atoms with Crippen LogP contribution in [0.15, 0.2) is 18.2 Å². The third-order valence-electron chi connectivity index (χ3n) is 2.51. The SMILES string of the molecule is CC(C)c1cc(C#N)ccc1CCC(=O)O. The van der Waals surface area contributed by atoms with E-state index >= 15 is 0 Å². The maximum absolute atomic E-state index is 10.5. The van der Waals surface area contributed by atoms with Gasteiger partial charge in [-0.15, -0.1) is 0 Å². The van der Waals surface area contributed by atoms with Crippen molar-refractivity contribution in [2.24, 2.45) is 0 Å². The van der Waals surface area contributed by atoms with Crippen molar-refractivity contribution >= 4 is 5.97 Å². The van der Waals surface area contributed by atoms with Crippen molar-refractivity contribution < 1.29 is 9.90 Å². The number of nitrogens with zero attached hydrogens (tertiary/aromatic N) is 1. The lowest BCUT2D eigenvalue weighted by Crippen LogP contribution is -2.02. The Morgan fingerprint density at radius 1 is 1.50 bits per heavy atom. The second kappa shape index (κ2) is 5.32. The van der Waals surface area contributed by atoms with E-state index in [1.807, 2.05) is 26.0 Å². The average molecular weight is 217 g/mol. The number of aliphatic carboxylic acids is 1. The molecule has 0 aromatic heterocycles. The van der Waals surface area contributed by atoms with E-state index in [0.29, 0.717) is 17.9 Å². The van der Waals surface area contributed by atoms with Gasteiger partial charge in [-0.2, -0.15) is 5.26 Å². The minimum Gasteiger partial charge on any atom is -0.481 e. The molecule has 0 aliphatic heterocycles.